The summed E-state index contributed by atoms with van der Waals surface area (Å²) in [5, 5.41) is 4.17. The van der Waals surface area contributed by atoms with Gasteiger partial charge in [0.1, 0.15) is 22.3 Å². The Labute approximate surface area is 293 Å². The highest BCUT2D eigenvalue weighted by Crippen LogP contribution is 2.51. The van der Waals surface area contributed by atoms with Crippen molar-refractivity contribution in [2.45, 2.75) is 19.3 Å². The van der Waals surface area contributed by atoms with Gasteiger partial charge in [0.15, 0.2) is 11.2 Å². The van der Waals surface area contributed by atoms with Crippen molar-refractivity contribution in [3.8, 4) is 22.6 Å². The largest absolute Gasteiger partial charge is 0.456 e. The van der Waals surface area contributed by atoms with Gasteiger partial charge in [-0.2, -0.15) is 0 Å². The number of hydrogen-bond donors (Lipinski definition) is 0. The molecule has 0 radical (unpaired) electrons. The van der Waals surface area contributed by atoms with E-state index in [4.69, 9.17) is 18.2 Å². The number of fused-ring (bicyclic) bond motifs is 10. The van der Waals surface area contributed by atoms with Gasteiger partial charge < -0.3 is 18.2 Å². The molecule has 0 saturated carbocycles. The van der Waals surface area contributed by atoms with Crippen molar-refractivity contribution in [1.29, 1.82) is 0 Å². The molecule has 10 aromatic rings. The van der Waals surface area contributed by atoms with Gasteiger partial charge in [0, 0.05) is 50.0 Å². The van der Waals surface area contributed by atoms with E-state index in [-0.39, 0.29) is 5.41 Å². The summed E-state index contributed by atoms with van der Waals surface area (Å²) in [7, 11) is 0. The quantitative estimate of drug-likeness (QED) is 0.188. The highest BCUT2D eigenvalue weighted by molar-refractivity contribution is 6.13. The summed E-state index contributed by atoms with van der Waals surface area (Å²) in [5.74, 6) is 0.596. The highest BCUT2D eigenvalue weighted by Gasteiger charge is 2.36. The van der Waals surface area contributed by atoms with Gasteiger partial charge in [0.25, 0.3) is 0 Å². The Morgan fingerprint density at radius 2 is 1.22 bits per heavy atom. The average molecular weight is 659 g/mol. The lowest BCUT2D eigenvalue weighted by atomic mass is 9.82. The van der Waals surface area contributed by atoms with Crippen LogP contribution in [0.1, 0.15) is 25.0 Å². The van der Waals surface area contributed by atoms with E-state index in [1.165, 1.54) is 22.3 Å². The molecule has 7 aromatic carbocycles. The lowest BCUT2D eigenvalue weighted by Crippen LogP contribution is -2.16. The van der Waals surface area contributed by atoms with E-state index in [1.807, 2.05) is 48.5 Å². The summed E-state index contributed by atoms with van der Waals surface area (Å²) in [4.78, 5) is 7.18. The third-order valence-corrected chi connectivity index (χ3v) is 10.7. The van der Waals surface area contributed by atoms with Gasteiger partial charge in [-0.1, -0.05) is 92.7 Å². The SMILES string of the molecule is CC1(C)c2ccccc2-c2ccc(N(c3ccc4oc5ccccc5c4c3)c3cccc4c3oc3cc5oc(-c6ccccc6)nc5cc34)cc21. The van der Waals surface area contributed by atoms with Crippen LogP contribution in [0.3, 0.4) is 0 Å². The zero-order chi connectivity index (χ0) is 33.8. The Morgan fingerprint density at radius 1 is 0.490 bits per heavy atom. The molecule has 5 nitrogen and oxygen atoms in total. The molecular formula is C46H30N2O3. The minimum atomic E-state index is -0.149. The standard InChI is InChI=1S/C46H30N2O3/c1-46(2)36-16-8-6-13-30(36)31-21-19-29(24-37(31)46)48(28-20-22-41-34(23-28)32-14-7-9-18-40(32)49-41)39-17-10-15-33-35-25-38-43(26-42(35)50-44(33)39)51-45(47-38)27-11-4-3-5-12-27/h3-26H,1-2H3. The highest BCUT2D eigenvalue weighted by atomic mass is 16.4. The van der Waals surface area contributed by atoms with E-state index in [1.54, 1.807) is 0 Å². The van der Waals surface area contributed by atoms with Crippen LogP contribution in [0, 0.1) is 0 Å². The van der Waals surface area contributed by atoms with E-state index in [9.17, 15) is 0 Å². The molecule has 3 aromatic heterocycles. The monoisotopic (exact) mass is 658 g/mol. The molecule has 242 valence electrons. The van der Waals surface area contributed by atoms with E-state index in [2.05, 4.69) is 116 Å². The van der Waals surface area contributed by atoms with Crippen molar-refractivity contribution < 1.29 is 13.3 Å². The Hall–Kier alpha value is -6.59. The molecule has 0 aliphatic heterocycles. The Bertz CT molecular complexity index is 3020. The molecule has 1 aliphatic carbocycles. The maximum atomic E-state index is 6.81. The topological polar surface area (TPSA) is 55.6 Å². The summed E-state index contributed by atoms with van der Waals surface area (Å²) in [5.41, 5.74) is 13.8. The predicted molar refractivity (Wildman–Crippen MR) is 206 cm³/mol. The van der Waals surface area contributed by atoms with Gasteiger partial charge in [0.05, 0.1) is 5.69 Å². The fourth-order valence-corrected chi connectivity index (χ4v) is 8.20. The van der Waals surface area contributed by atoms with E-state index >= 15 is 0 Å². The summed E-state index contributed by atoms with van der Waals surface area (Å²) < 4.78 is 19.3. The molecule has 0 fully saturated rings. The van der Waals surface area contributed by atoms with Gasteiger partial charge in [-0.25, -0.2) is 4.98 Å². The number of oxazole rings is 1. The van der Waals surface area contributed by atoms with Crippen LogP contribution in [-0.4, -0.2) is 4.98 Å². The minimum absolute atomic E-state index is 0.149. The maximum absolute atomic E-state index is 6.81. The van der Waals surface area contributed by atoms with Crippen LogP contribution in [0.5, 0.6) is 0 Å². The molecule has 1 aliphatic rings. The van der Waals surface area contributed by atoms with Crippen molar-refractivity contribution in [3.05, 3.63) is 157 Å². The fraction of sp³-hybridized carbons (Fsp3) is 0.0652. The van der Waals surface area contributed by atoms with Crippen molar-refractivity contribution >= 4 is 72.0 Å². The number of rotatable bonds is 4. The Kier molecular flexibility index (Phi) is 5.66. The molecular weight excluding hydrogens is 629 g/mol. The first-order valence-electron chi connectivity index (χ1n) is 17.3. The second-order valence-corrected chi connectivity index (χ2v) is 14.0. The number of hydrogen-bond acceptors (Lipinski definition) is 5. The Morgan fingerprint density at radius 3 is 2.14 bits per heavy atom. The lowest BCUT2D eigenvalue weighted by Gasteiger charge is -2.28. The number of anilines is 3. The van der Waals surface area contributed by atoms with E-state index < -0.39 is 0 Å². The molecule has 5 heteroatoms. The predicted octanol–water partition coefficient (Wildman–Crippen LogP) is 13.1. The lowest BCUT2D eigenvalue weighted by molar-refractivity contribution is 0.617. The van der Waals surface area contributed by atoms with Gasteiger partial charge >= 0.3 is 0 Å². The van der Waals surface area contributed by atoms with Crippen LogP contribution in [0.2, 0.25) is 0 Å². The molecule has 0 N–H and O–H groups in total. The van der Waals surface area contributed by atoms with Crippen LogP contribution < -0.4 is 4.90 Å². The number of furan rings is 2. The average Bonchev–Trinajstić information content (AvgIpc) is 3.91. The first-order chi connectivity index (χ1) is 25.0. The second kappa shape index (κ2) is 10.2. The normalized spacial score (nSPS) is 13.5. The smallest absolute Gasteiger partial charge is 0.227 e. The van der Waals surface area contributed by atoms with Crippen molar-refractivity contribution in [3.63, 3.8) is 0 Å². The fourth-order valence-electron chi connectivity index (χ4n) is 8.20. The maximum Gasteiger partial charge on any atom is 0.227 e. The number of benzene rings is 7. The van der Waals surface area contributed by atoms with Crippen LogP contribution in [0.25, 0.3) is 77.6 Å². The molecule has 0 bridgehead atoms. The summed E-state index contributed by atoms with van der Waals surface area (Å²) >= 11 is 0. The minimum Gasteiger partial charge on any atom is -0.456 e. The van der Waals surface area contributed by atoms with Crippen LogP contribution in [0.4, 0.5) is 17.1 Å². The van der Waals surface area contributed by atoms with Crippen molar-refractivity contribution in [1.82, 2.24) is 4.98 Å². The van der Waals surface area contributed by atoms with Crippen molar-refractivity contribution in [2.75, 3.05) is 4.90 Å². The number of para-hydroxylation sites is 2. The zero-order valence-electron chi connectivity index (χ0n) is 28.0. The molecule has 0 spiro atoms. The third-order valence-electron chi connectivity index (χ3n) is 10.7. The molecule has 11 rings (SSSR count). The summed E-state index contributed by atoms with van der Waals surface area (Å²) in [6.45, 7) is 4.64. The number of nitrogens with zero attached hydrogens (tertiary/aromatic N) is 2. The summed E-state index contributed by atoms with van der Waals surface area (Å²) in [6.07, 6.45) is 0. The van der Waals surface area contributed by atoms with Gasteiger partial charge in [-0.05, 0) is 82.9 Å². The van der Waals surface area contributed by atoms with Gasteiger partial charge in [0.2, 0.25) is 5.89 Å². The van der Waals surface area contributed by atoms with Crippen LogP contribution in [-0.2, 0) is 5.41 Å². The third kappa shape index (κ3) is 4.06. The van der Waals surface area contributed by atoms with Crippen LogP contribution in [0.15, 0.2) is 159 Å². The van der Waals surface area contributed by atoms with Gasteiger partial charge in [-0.15, -0.1) is 0 Å². The Balaban J connectivity index is 1.14. The number of aromatic nitrogens is 1. The van der Waals surface area contributed by atoms with E-state index in [0.29, 0.717) is 11.5 Å². The summed E-state index contributed by atoms with van der Waals surface area (Å²) in [6, 6.07) is 50.7. The van der Waals surface area contributed by atoms with E-state index in [0.717, 1.165) is 72.0 Å². The first kappa shape index (κ1) is 28.3. The molecule has 51 heavy (non-hydrogen) atoms. The van der Waals surface area contributed by atoms with Crippen LogP contribution >= 0.6 is 0 Å². The van der Waals surface area contributed by atoms with Crippen molar-refractivity contribution in [2.24, 2.45) is 0 Å². The van der Waals surface area contributed by atoms with Gasteiger partial charge in [-0.3, -0.25) is 0 Å². The molecule has 0 saturated heterocycles. The molecule has 0 amide bonds. The first-order valence-corrected chi connectivity index (χ1v) is 17.3. The second-order valence-electron chi connectivity index (χ2n) is 14.0. The molecule has 3 heterocycles. The zero-order valence-corrected chi connectivity index (χ0v) is 28.0. The molecule has 0 unspecified atom stereocenters. The molecule has 0 atom stereocenters.